The van der Waals surface area contributed by atoms with E-state index in [1.807, 2.05) is 46.9 Å². The number of aryl methyl sites for hydroxylation is 1. The number of aromatic nitrogens is 4. The number of halogens is 1. The van der Waals surface area contributed by atoms with Crippen molar-refractivity contribution < 1.29 is 4.79 Å². The van der Waals surface area contributed by atoms with Crippen LogP contribution < -0.4 is 5.32 Å². The standard InChI is InChI=1S/C21H24ClN5OS/c1-15-9-10-17(22)13-18(15)23-19(28)14-26-21(29)27(25-11-5-6-12-25)20(24-26)16-7-3-2-4-8-16/h5-6,9-13,16H,2-4,7-8,14H2,1H3,(H,23,28). The van der Waals surface area contributed by atoms with Crippen molar-refractivity contribution in [3.05, 3.63) is 63.9 Å². The summed E-state index contributed by atoms with van der Waals surface area (Å²) in [5.74, 6) is 1.10. The molecular formula is C21H24ClN5OS. The van der Waals surface area contributed by atoms with E-state index in [2.05, 4.69) is 5.32 Å². The summed E-state index contributed by atoms with van der Waals surface area (Å²) in [5.41, 5.74) is 1.65. The number of nitrogens with one attached hydrogen (secondary N) is 1. The van der Waals surface area contributed by atoms with Crippen LogP contribution in [0.4, 0.5) is 5.69 Å². The fraction of sp³-hybridized carbons (Fsp3) is 0.381. The number of nitrogens with zero attached hydrogens (tertiary/aromatic N) is 4. The molecule has 6 nitrogen and oxygen atoms in total. The molecule has 1 amide bonds. The first kappa shape index (κ1) is 19.9. The molecule has 0 radical (unpaired) electrons. The van der Waals surface area contributed by atoms with Gasteiger partial charge in [0.1, 0.15) is 6.54 Å². The number of rotatable bonds is 5. The van der Waals surface area contributed by atoms with Gasteiger partial charge >= 0.3 is 0 Å². The maximum atomic E-state index is 12.7. The zero-order valence-electron chi connectivity index (χ0n) is 16.3. The highest BCUT2D eigenvalue weighted by Gasteiger charge is 2.24. The van der Waals surface area contributed by atoms with Gasteiger partial charge in [-0.25, -0.2) is 9.36 Å². The van der Waals surface area contributed by atoms with Gasteiger partial charge in [0.15, 0.2) is 5.82 Å². The lowest BCUT2D eigenvalue weighted by atomic mass is 9.89. The Bertz CT molecular complexity index is 1060. The summed E-state index contributed by atoms with van der Waals surface area (Å²) in [7, 11) is 0. The van der Waals surface area contributed by atoms with Crippen LogP contribution in [0.2, 0.25) is 5.02 Å². The molecular weight excluding hydrogens is 406 g/mol. The van der Waals surface area contributed by atoms with Crippen LogP contribution >= 0.6 is 23.8 Å². The molecule has 1 aliphatic rings. The molecule has 1 aromatic carbocycles. The van der Waals surface area contributed by atoms with Gasteiger partial charge in [0, 0.05) is 29.0 Å². The van der Waals surface area contributed by atoms with E-state index in [0.29, 0.717) is 21.4 Å². The third-order valence-corrected chi connectivity index (χ3v) is 6.02. The van der Waals surface area contributed by atoms with E-state index in [1.165, 1.54) is 19.3 Å². The van der Waals surface area contributed by atoms with Gasteiger partial charge < -0.3 is 5.32 Å². The predicted octanol–water partition coefficient (Wildman–Crippen LogP) is 5.18. The number of amides is 1. The maximum Gasteiger partial charge on any atom is 0.246 e. The average molecular weight is 430 g/mol. The van der Waals surface area contributed by atoms with Gasteiger partial charge in [-0.2, -0.15) is 5.10 Å². The van der Waals surface area contributed by atoms with Crippen molar-refractivity contribution in [3.63, 3.8) is 0 Å². The normalized spacial score (nSPS) is 14.8. The highest BCUT2D eigenvalue weighted by Crippen LogP contribution is 2.32. The number of benzene rings is 1. The molecule has 1 aliphatic carbocycles. The lowest BCUT2D eigenvalue weighted by Gasteiger charge is -2.21. The molecule has 0 aliphatic heterocycles. The highest BCUT2D eigenvalue weighted by molar-refractivity contribution is 7.71. The number of anilines is 1. The van der Waals surface area contributed by atoms with Crippen molar-refractivity contribution in [2.24, 2.45) is 0 Å². The first-order valence-corrected chi connectivity index (χ1v) is 10.7. The summed E-state index contributed by atoms with van der Waals surface area (Å²) >= 11 is 11.8. The molecule has 152 valence electrons. The average Bonchev–Trinajstić information content (AvgIpc) is 3.34. The van der Waals surface area contributed by atoms with Gasteiger partial charge in [-0.15, -0.1) is 0 Å². The number of carbonyl (C=O) groups excluding carboxylic acids is 1. The molecule has 0 unspecified atom stereocenters. The topological polar surface area (TPSA) is 56.8 Å². The highest BCUT2D eigenvalue weighted by atomic mass is 35.5. The summed E-state index contributed by atoms with van der Waals surface area (Å²) in [4.78, 5) is 12.7. The lowest BCUT2D eigenvalue weighted by Crippen LogP contribution is -2.20. The molecule has 3 aromatic rings. The summed E-state index contributed by atoms with van der Waals surface area (Å²) in [6, 6.07) is 9.35. The van der Waals surface area contributed by atoms with Crippen LogP contribution in [0.25, 0.3) is 0 Å². The SMILES string of the molecule is Cc1ccc(Cl)cc1NC(=O)Cn1nc(C2CCCCC2)n(-n2cccc2)c1=S. The Hall–Kier alpha value is -2.38. The van der Waals surface area contributed by atoms with Crippen molar-refractivity contribution >= 4 is 35.4 Å². The minimum atomic E-state index is -0.182. The second-order valence-corrected chi connectivity index (χ2v) is 8.32. The molecule has 29 heavy (non-hydrogen) atoms. The molecule has 8 heteroatoms. The van der Waals surface area contributed by atoms with Gasteiger partial charge in [0.2, 0.25) is 10.7 Å². The van der Waals surface area contributed by atoms with Gasteiger partial charge in [-0.3, -0.25) is 9.47 Å². The van der Waals surface area contributed by atoms with Gasteiger partial charge in [0.05, 0.1) is 0 Å². The van der Waals surface area contributed by atoms with Crippen LogP contribution in [0.5, 0.6) is 0 Å². The number of hydrogen-bond acceptors (Lipinski definition) is 3. The molecule has 2 heterocycles. The lowest BCUT2D eigenvalue weighted by molar-refractivity contribution is -0.116. The number of hydrogen-bond donors (Lipinski definition) is 1. The zero-order valence-corrected chi connectivity index (χ0v) is 17.9. The molecule has 4 rings (SSSR count). The summed E-state index contributed by atoms with van der Waals surface area (Å²) in [6.07, 6.45) is 9.76. The Labute approximate surface area is 180 Å². The summed E-state index contributed by atoms with van der Waals surface area (Å²) in [6.45, 7) is 1.98. The van der Waals surface area contributed by atoms with Gasteiger partial charge in [-0.05, 0) is 61.8 Å². The molecule has 2 aromatic heterocycles. The third kappa shape index (κ3) is 4.31. The van der Waals surface area contributed by atoms with Crippen molar-refractivity contribution in [1.82, 2.24) is 19.1 Å². The minimum Gasteiger partial charge on any atom is -0.324 e. The number of carbonyl (C=O) groups is 1. The van der Waals surface area contributed by atoms with Gasteiger partial charge in [-0.1, -0.05) is 36.9 Å². The van der Waals surface area contributed by atoms with Crippen molar-refractivity contribution in [2.75, 3.05) is 5.32 Å². The minimum absolute atomic E-state index is 0.0543. The Morgan fingerprint density at radius 2 is 1.97 bits per heavy atom. The van der Waals surface area contributed by atoms with E-state index < -0.39 is 0 Å². The Balaban J connectivity index is 1.63. The molecule has 1 N–H and O–H groups in total. The molecule has 0 atom stereocenters. The summed E-state index contributed by atoms with van der Waals surface area (Å²) in [5, 5.41) is 8.28. The fourth-order valence-electron chi connectivity index (χ4n) is 3.87. The van der Waals surface area contributed by atoms with Crippen molar-refractivity contribution in [1.29, 1.82) is 0 Å². The van der Waals surface area contributed by atoms with Crippen LogP contribution in [0.15, 0.2) is 42.7 Å². The molecule has 0 bridgehead atoms. The van der Waals surface area contributed by atoms with Crippen LogP contribution in [-0.2, 0) is 11.3 Å². The van der Waals surface area contributed by atoms with Gasteiger partial charge in [0.25, 0.3) is 0 Å². The van der Waals surface area contributed by atoms with E-state index in [0.717, 1.165) is 24.2 Å². The fourth-order valence-corrected chi connectivity index (χ4v) is 4.33. The van der Waals surface area contributed by atoms with Crippen LogP contribution in [0, 0.1) is 11.7 Å². The second kappa shape index (κ2) is 8.55. The monoisotopic (exact) mass is 429 g/mol. The van der Waals surface area contributed by atoms with Crippen molar-refractivity contribution in [3.8, 4) is 0 Å². The van der Waals surface area contributed by atoms with E-state index in [-0.39, 0.29) is 12.5 Å². The Kier molecular flexibility index (Phi) is 5.87. The predicted molar refractivity (Wildman–Crippen MR) is 117 cm³/mol. The first-order valence-electron chi connectivity index (χ1n) is 9.92. The second-order valence-electron chi connectivity index (χ2n) is 7.52. The first-order chi connectivity index (χ1) is 14.0. The van der Waals surface area contributed by atoms with E-state index >= 15 is 0 Å². The van der Waals surface area contributed by atoms with E-state index in [1.54, 1.807) is 16.8 Å². The molecule has 1 saturated carbocycles. The quantitative estimate of drug-likeness (QED) is 0.569. The van der Waals surface area contributed by atoms with Crippen LogP contribution in [0.3, 0.4) is 0 Å². The van der Waals surface area contributed by atoms with E-state index in [9.17, 15) is 4.79 Å². The molecule has 0 saturated heterocycles. The van der Waals surface area contributed by atoms with Crippen LogP contribution in [-0.4, -0.2) is 25.0 Å². The summed E-state index contributed by atoms with van der Waals surface area (Å²) < 4.78 is 6.02. The smallest absolute Gasteiger partial charge is 0.246 e. The molecule has 1 fully saturated rings. The zero-order chi connectivity index (χ0) is 20.4. The maximum absolute atomic E-state index is 12.7. The Morgan fingerprint density at radius 1 is 1.24 bits per heavy atom. The van der Waals surface area contributed by atoms with Crippen LogP contribution in [0.1, 0.15) is 49.4 Å². The van der Waals surface area contributed by atoms with E-state index in [4.69, 9.17) is 28.9 Å². The Morgan fingerprint density at radius 3 is 2.69 bits per heavy atom. The largest absolute Gasteiger partial charge is 0.324 e. The molecule has 0 spiro atoms. The third-order valence-electron chi connectivity index (χ3n) is 5.40. The van der Waals surface area contributed by atoms with Crippen molar-refractivity contribution in [2.45, 2.75) is 51.5 Å².